The monoisotopic (exact) mass is 234 g/mol. The summed E-state index contributed by atoms with van der Waals surface area (Å²) in [5, 5.41) is 0. The summed E-state index contributed by atoms with van der Waals surface area (Å²) in [4.78, 5) is 0. The summed E-state index contributed by atoms with van der Waals surface area (Å²) in [5.41, 5.74) is 13.1. The van der Waals surface area contributed by atoms with Gasteiger partial charge in [-0.2, -0.15) is 0 Å². The number of rotatable bonds is 2. The summed E-state index contributed by atoms with van der Waals surface area (Å²) in [5.74, 6) is 0. The van der Waals surface area contributed by atoms with E-state index in [-0.39, 0.29) is 5.56 Å². The van der Waals surface area contributed by atoms with Crippen LogP contribution in [0.4, 0.5) is 20.2 Å². The van der Waals surface area contributed by atoms with E-state index in [1.807, 2.05) is 0 Å². The van der Waals surface area contributed by atoms with Crippen molar-refractivity contribution in [3.63, 3.8) is 0 Å². The second-order valence-corrected chi connectivity index (χ2v) is 3.77. The lowest BCUT2D eigenvalue weighted by molar-refractivity contribution is 0.152. The molecule has 0 unspecified atom stereocenters. The molecule has 0 amide bonds. The first-order chi connectivity index (χ1) is 8.08. The molecule has 2 aromatic carbocycles. The molecule has 0 aliphatic rings. The molecule has 0 aliphatic heterocycles. The molecule has 88 valence electrons. The van der Waals surface area contributed by atoms with Gasteiger partial charge in [-0.1, -0.05) is 18.2 Å². The molecule has 0 fully saturated rings. The predicted octanol–water partition coefficient (Wildman–Crippen LogP) is 3.46. The Bertz CT molecular complexity index is 521. The molecule has 4 N–H and O–H groups in total. The summed E-state index contributed by atoms with van der Waals surface area (Å²) in [6.07, 6.45) is -2.55. The van der Waals surface area contributed by atoms with Gasteiger partial charge in [-0.15, -0.1) is 0 Å². The number of halogens is 2. The molecule has 0 aromatic heterocycles. The van der Waals surface area contributed by atoms with Crippen LogP contribution < -0.4 is 11.5 Å². The minimum atomic E-state index is -2.55. The maximum absolute atomic E-state index is 12.9. The Morgan fingerprint density at radius 2 is 1.41 bits per heavy atom. The number of nitrogens with two attached hydrogens (primary N) is 2. The number of alkyl halides is 2. The number of anilines is 2. The molecule has 0 spiro atoms. The van der Waals surface area contributed by atoms with Gasteiger partial charge < -0.3 is 11.5 Å². The Morgan fingerprint density at radius 1 is 0.824 bits per heavy atom. The molecule has 2 aromatic rings. The smallest absolute Gasteiger partial charge is 0.264 e. The zero-order valence-electron chi connectivity index (χ0n) is 9.03. The fraction of sp³-hybridized carbons (Fsp3) is 0.0769. The zero-order chi connectivity index (χ0) is 12.4. The van der Waals surface area contributed by atoms with Crippen molar-refractivity contribution in [3.8, 4) is 11.1 Å². The molecule has 0 heterocycles. The minimum Gasteiger partial charge on any atom is -0.399 e. The van der Waals surface area contributed by atoms with Crippen molar-refractivity contribution in [2.75, 3.05) is 11.5 Å². The van der Waals surface area contributed by atoms with Crippen LogP contribution in [-0.4, -0.2) is 0 Å². The molecule has 0 saturated carbocycles. The first-order valence-electron chi connectivity index (χ1n) is 5.11. The summed E-state index contributed by atoms with van der Waals surface area (Å²) in [6, 6.07) is 11.3. The van der Waals surface area contributed by atoms with Gasteiger partial charge in [0, 0.05) is 16.9 Å². The summed E-state index contributed by atoms with van der Waals surface area (Å²) in [7, 11) is 0. The van der Waals surface area contributed by atoms with Gasteiger partial charge >= 0.3 is 0 Å². The average molecular weight is 234 g/mol. The van der Waals surface area contributed by atoms with Gasteiger partial charge in [0.1, 0.15) is 0 Å². The molecule has 0 bridgehead atoms. The lowest BCUT2D eigenvalue weighted by Gasteiger charge is -2.10. The van der Waals surface area contributed by atoms with Gasteiger partial charge in [0.15, 0.2) is 0 Å². The highest BCUT2D eigenvalue weighted by atomic mass is 19.3. The van der Waals surface area contributed by atoms with Crippen LogP contribution in [-0.2, 0) is 0 Å². The van der Waals surface area contributed by atoms with Gasteiger partial charge in [-0.05, 0) is 35.4 Å². The van der Waals surface area contributed by atoms with Crippen molar-refractivity contribution in [1.82, 2.24) is 0 Å². The third-order valence-corrected chi connectivity index (χ3v) is 2.53. The van der Waals surface area contributed by atoms with Crippen molar-refractivity contribution >= 4 is 11.4 Å². The van der Waals surface area contributed by atoms with Gasteiger partial charge in [0.2, 0.25) is 0 Å². The molecular formula is C13H12F2N2. The second kappa shape index (κ2) is 4.41. The van der Waals surface area contributed by atoms with Crippen LogP contribution in [0, 0.1) is 0 Å². The van der Waals surface area contributed by atoms with Crippen LogP contribution in [0.25, 0.3) is 11.1 Å². The van der Waals surface area contributed by atoms with Crippen LogP contribution in [0.5, 0.6) is 0 Å². The van der Waals surface area contributed by atoms with Crippen LogP contribution >= 0.6 is 0 Å². The first kappa shape index (κ1) is 11.4. The highest BCUT2D eigenvalue weighted by molar-refractivity contribution is 5.71. The Hall–Kier alpha value is -2.10. The summed E-state index contributed by atoms with van der Waals surface area (Å²) < 4.78 is 25.8. The predicted molar refractivity (Wildman–Crippen MR) is 65.7 cm³/mol. The molecule has 0 saturated heterocycles. The fourth-order valence-corrected chi connectivity index (χ4v) is 1.69. The third kappa shape index (κ3) is 2.36. The van der Waals surface area contributed by atoms with Gasteiger partial charge in [0.05, 0.1) is 0 Å². The standard InChI is InChI=1S/C13H12F2N2/c14-13(15)12-7-10(17)5-6-11(12)8-1-3-9(16)4-2-8/h1-7,13H,16-17H2. The Balaban J connectivity index is 2.54. The van der Waals surface area contributed by atoms with Gasteiger partial charge in [0.25, 0.3) is 6.43 Å². The second-order valence-electron chi connectivity index (χ2n) is 3.77. The zero-order valence-corrected chi connectivity index (χ0v) is 9.03. The van der Waals surface area contributed by atoms with Crippen molar-refractivity contribution in [3.05, 3.63) is 48.0 Å². The number of hydrogen-bond donors (Lipinski definition) is 2. The van der Waals surface area contributed by atoms with Crippen LogP contribution in [0.15, 0.2) is 42.5 Å². The van der Waals surface area contributed by atoms with E-state index in [0.29, 0.717) is 22.5 Å². The van der Waals surface area contributed by atoms with E-state index in [1.165, 1.54) is 6.07 Å². The number of hydrogen-bond acceptors (Lipinski definition) is 2. The Morgan fingerprint density at radius 3 is 2.00 bits per heavy atom. The maximum atomic E-state index is 12.9. The molecule has 0 atom stereocenters. The highest BCUT2D eigenvalue weighted by Crippen LogP contribution is 2.32. The Labute approximate surface area is 97.9 Å². The van der Waals surface area contributed by atoms with E-state index in [9.17, 15) is 8.78 Å². The molecule has 2 rings (SSSR count). The van der Waals surface area contributed by atoms with Crippen molar-refractivity contribution in [2.24, 2.45) is 0 Å². The van der Waals surface area contributed by atoms with E-state index < -0.39 is 6.43 Å². The molecule has 17 heavy (non-hydrogen) atoms. The largest absolute Gasteiger partial charge is 0.399 e. The molecule has 2 nitrogen and oxygen atoms in total. The van der Waals surface area contributed by atoms with Crippen LogP contribution in [0.1, 0.15) is 12.0 Å². The minimum absolute atomic E-state index is 0.0604. The Kier molecular flexibility index (Phi) is 2.95. The normalized spacial score (nSPS) is 10.8. The molecule has 0 aliphatic carbocycles. The number of nitrogen functional groups attached to an aromatic ring is 2. The van der Waals surface area contributed by atoms with Crippen molar-refractivity contribution < 1.29 is 8.78 Å². The van der Waals surface area contributed by atoms with E-state index in [2.05, 4.69) is 0 Å². The van der Waals surface area contributed by atoms with Crippen LogP contribution in [0.3, 0.4) is 0 Å². The van der Waals surface area contributed by atoms with Gasteiger partial charge in [-0.25, -0.2) is 8.78 Å². The molecule has 4 heteroatoms. The molecule has 0 radical (unpaired) electrons. The average Bonchev–Trinajstić information content (AvgIpc) is 2.30. The summed E-state index contributed by atoms with van der Waals surface area (Å²) in [6.45, 7) is 0. The highest BCUT2D eigenvalue weighted by Gasteiger charge is 2.14. The van der Waals surface area contributed by atoms with Gasteiger partial charge in [-0.3, -0.25) is 0 Å². The molecular weight excluding hydrogens is 222 g/mol. The van der Waals surface area contributed by atoms with Crippen LogP contribution in [0.2, 0.25) is 0 Å². The van der Waals surface area contributed by atoms with E-state index >= 15 is 0 Å². The van der Waals surface area contributed by atoms with Crippen molar-refractivity contribution in [1.29, 1.82) is 0 Å². The maximum Gasteiger partial charge on any atom is 0.264 e. The van der Waals surface area contributed by atoms with E-state index in [0.717, 1.165) is 0 Å². The lowest BCUT2D eigenvalue weighted by atomic mass is 9.99. The summed E-state index contributed by atoms with van der Waals surface area (Å²) >= 11 is 0. The van der Waals surface area contributed by atoms with E-state index in [4.69, 9.17) is 11.5 Å². The fourth-order valence-electron chi connectivity index (χ4n) is 1.69. The quantitative estimate of drug-likeness (QED) is 0.782. The first-order valence-corrected chi connectivity index (χ1v) is 5.11. The number of benzene rings is 2. The topological polar surface area (TPSA) is 52.0 Å². The third-order valence-electron chi connectivity index (χ3n) is 2.53. The van der Waals surface area contributed by atoms with Crippen molar-refractivity contribution in [2.45, 2.75) is 6.43 Å². The SMILES string of the molecule is Nc1ccc(-c2ccc(N)cc2C(F)F)cc1. The lowest BCUT2D eigenvalue weighted by Crippen LogP contribution is -1.94. The van der Waals surface area contributed by atoms with E-state index in [1.54, 1.807) is 36.4 Å².